The van der Waals surface area contributed by atoms with Gasteiger partial charge in [-0.3, -0.25) is 9.59 Å². The number of esters is 2. The van der Waals surface area contributed by atoms with Crippen LogP contribution in [-0.2, 0) is 39.9 Å². The van der Waals surface area contributed by atoms with Crippen LogP contribution in [-0.4, -0.2) is 43.6 Å². The van der Waals surface area contributed by atoms with Crippen molar-refractivity contribution in [3.63, 3.8) is 0 Å². The van der Waals surface area contributed by atoms with Gasteiger partial charge in [0.25, 0.3) is 0 Å². The Morgan fingerprint density at radius 2 is 1.34 bits per heavy atom. The van der Waals surface area contributed by atoms with Crippen LogP contribution < -0.4 is 0 Å². The van der Waals surface area contributed by atoms with E-state index >= 15 is 0 Å². The summed E-state index contributed by atoms with van der Waals surface area (Å²) in [4.78, 5) is 24.4. The fourth-order valence-electron chi connectivity index (χ4n) is 2.43. The summed E-state index contributed by atoms with van der Waals surface area (Å²) in [5.41, 5.74) is -2.78. The Kier molecular flexibility index (Phi) is 18.5. The van der Waals surface area contributed by atoms with E-state index < -0.39 is 22.9 Å². The van der Waals surface area contributed by atoms with Crippen LogP contribution in [0.1, 0.15) is 85.5 Å². The van der Waals surface area contributed by atoms with Crippen LogP contribution in [0.4, 0.5) is 0 Å². The van der Waals surface area contributed by atoms with Gasteiger partial charge in [-0.2, -0.15) is 0 Å². The van der Waals surface area contributed by atoms with Crippen molar-refractivity contribution in [1.29, 1.82) is 0 Å². The Labute approximate surface area is 186 Å². The van der Waals surface area contributed by atoms with E-state index in [9.17, 15) is 9.59 Å². The van der Waals surface area contributed by atoms with E-state index in [4.69, 9.17) is 30.3 Å². The lowest BCUT2D eigenvalue weighted by Crippen LogP contribution is -2.25. The van der Waals surface area contributed by atoms with Crippen molar-refractivity contribution < 1.29 is 28.1 Å². The first-order valence-electron chi connectivity index (χ1n) is 10.8. The summed E-state index contributed by atoms with van der Waals surface area (Å²) in [5.74, 6) is -0.936. The van der Waals surface area contributed by atoms with Gasteiger partial charge < -0.3 is 18.5 Å². The maximum atomic E-state index is 12.4. The van der Waals surface area contributed by atoms with E-state index in [2.05, 4.69) is 13.8 Å². The highest BCUT2D eigenvalue weighted by Crippen LogP contribution is 2.63. The van der Waals surface area contributed by atoms with Crippen molar-refractivity contribution in [1.82, 2.24) is 0 Å². The van der Waals surface area contributed by atoms with Crippen LogP contribution >= 0.6 is 17.1 Å². The predicted octanol–water partition coefficient (Wildman–Crippen LogP) is 6.02. The minimum atomic E-state index is -2.78. The fourth-order valence-corrected chi connectivity index (χ4v) is 7.62. The largest absolute Gasteiger partial charge is 0.466 e. The van der Waals surface area contributed by atoms with Crippen molar-refractivity contribution in [2.24, 2.45) is 0 Å². The first-order valence-corrected chi connectivity index (χ1v) is 14.9. The highest BCUT2D eigenvalue weighted by atomic mass is 32.9. The molecular weight excluding hydrogens is 431 g/mol. The zero-order valence-corrected chi connectivity index (χ0v) is 21.0. The molecule has 9 heteroatoms. The first-order chi connectivity index (χ1) is 13.9. The average molecular weight is 471 g/mol. The molecule has 0 rings (SSSR count). The molecule has 0 amide bonds. The molecule has 0 saturated heterocycles. The molecule has 0 fully saturated rings. The third-order valence-corrected chi connectivity index (χ3v) is 9.40. The maximum Gasteiger partial charge on any atom is 0.320 e. The Morgan fingerprint density at radius 1 is 0.828 bits per heavy atom. The van der Waals surface area contributed by atoms with Crippen molar-refractivity contribution in [2.75, 3.05) is 26.4 Å². The summed E-state index contributed by atoms with van der Waals surface area (Å²) in [6.45, 7) is 9.25. The maximum absolute atomic E-state index is 12.4. The molecule has 6 nitrogen and oxygen atoms in total. The minimum absolute atomic E-state index is 0.103. The van der Waals surface area contributed by atoms with Gasteiger partial charge in [-0.15, -0.1) is 0 Å². The summed E-state index contributed by atoms with van der Waals surface area (Å²) in [6, 6.07) is 0. The SMILES string of the molecule is CCCCCCOP(=S)(OCCCCCC)SC(CC(=O)OCC)C(=O)OCC. The van der Waals surface area contributed by atoms with Crippen LogP contribution in [0.3, 0.4) is 0 Å². The number of hydrogen-bond donors (Lipinski definition) is 0. The quantitative estimate of drug-likeness (QED) is 0.129. The number of carbonyl (C=O) groups is 2. The molecule has 0 radical (unpaired) electrons. The van der Waals surface area contributed by atoms with Gasteiger partial charge in [0.1, 0.15) is 5.25 Å². The minimum Gasteiger partial charge on any atom is -0.466 e. The molecule has 0 aliphatic heterocycles. The first kappa shape index (κ1) is 28.9. The van der Waals surface area contributed by atoms with E-state index in [-0.39, 0.29) is 19.6 Å². The highest BCUT2D eigenvalue weighted by molar-refractivity contribution is 8.68. The summed E-state index contributed by atoms with van der Waals surface area (Å²) in [5, 5.41) is -0.786. The third kappa shape index (κ3) is 15.3. The third-order valence-electron chi connectivity index (χ3n) is 3.96. The molecule has 0 bridgehead atoms. The molecule has 0 aliphatic carbocycles. The number of rotatable bonds is 19. The van der Waals surface area contributed by atoms with E-state index in [1.54, 1.807) is 13.8 Å². The lowest BCUT2D eigenvalue weighted by atomic mass is 10.2. The molecule has 0 N–H and O–H groups in total. The van der Waals surface area contributed by atoms with Gasteiger partial charge in [0.05, 0.1) is 32.8 Å². The zero-order valence-electron chi connectivity index (χ0n) is 18.5. The van der Waals surface area contributed by atoms with Gasteiger partial charge in [0.15, 0.2) is 0 Å². The Bertz CT molecular complexity index is 472. The summed E-state index contributed by atoms with van der Waals surface area (Å²) in [6.07, 6.45) is 8.39. The molecule has 172 valence electrons. The van der Waals surface area contributed by atoms with Gasteiger partial charge >= 0.3 is 11.9 Å². The Hall–Kier alpha value is -0.140. The van der Waals surface area contributed by atoms with Gasteiger partial charge in [-0.1, -0.05) is 63.8 Å². The van der Waals surface area contributed by atoms with Crippen LogP contribution in [0, 0.1) is 0 Å². The fraction of sp³-hybridized carbons (Fsp3) is 0.900. The normalized spacial score (nSPS) is 12.6. The van der Waals surface area contributed by atoms with Crippen molar-refractivity contribution in [3.8, 4) is 0 Å². The number of unbranched alkanes of at least 4 members (excludes halogenated alkanes) is 6. The monoisotopic (exact) mass is 470 g/mol. The van der Waals surface area contributed by atoms with Crippen LogP contribution in [0.5, 0.6) is 0 Å². The molecule has 0 spiro atoms. The van der Waals surface area contributed by atoms with E-state index in [0.29, 0.717) is 13.2 Å². The number of ether oxygens (including phenoxy) is 2. The average Bonchev–Trinajstić information content (AvgIpc) is 2.67. The molecular formula is C20H39O6PS2. The molecule has 1 atom stereocenters. The predicted molar refractivity (Wildman–Crippen MR) is 124 cm³/mol. The van der Waals surface area contributed by atoms with Crippen LogP contribution in [0.2, 0.25) is 0 Å². The lowest BCUT2D eigenvalue weighted by Gasteiger charge is -2.25. The molecule has 1 unspecified atom stereocenters. The molecule has 0 aliphatic rings. The van der Waals surface area contributed by atoms with Crippen molar-refractivity contribution >= 4 is 40.8 Å². The zero-order chi connectivity index (χ0) is 22.0. The van der Waals surface area contributed by atoms with Crippen molar-refractivity contribution in [3.05, 3.63) is 0 Å². The van der Waals surface area contributed by atoms with Gasteiger partial charge in [-0.25, -0.2) is 0 Å². The smallest absolute Gasteiger partial charge is 0.320 e. The van der Waals surface area contributed by atoms with Gasteiger partial charge in [0, 0.05) is 0 Å². The number of hydrogen-bond acceptors (Lipinski definition) is 8. The molecule has 0 aromatic rings. The Morgan fingerprint density at radius 3 is 1.79 bits per heavy atom. The second-order valence-corrected chi connectivity index (χ2v) is 13.0. The molecule has 0 saturated carbocycles. The Balaban J connectivity index is 5.04. The molecule has 0 heterocycles. The van der Waals surface area contributed by atoms with E-state index in [0.717, 1.165) is 62.7 Å². The summed E-state index contributed by atoms with van der Waals surface area (Å²) in [7, 11) is 0. The molecule has 0 aromatic carbocycles. The lowest BCUT2D eigenvalue weighted by molar-refractivity contribution is -0.149. The summed E-state index contributed by atoms with van der Waals surface area (Å²) >= 11 is 6.85. The molecule has 29 heavy (non-hydrogen) atoms. The standard InChI is InChI=1S/C20H39O6PS2/c1-5-9-11-13-15-25-27(28,26-16-14-12-10-6-2)29-18(20(22)24-8-4)17-19(21)23-7-3/h18H,5-17H2,1-4H3. The molecule has 0 aromatic heterocycles. The van der Waals surface area contributed by atoms with Crippen LogP contribution in [0.25, 0.3) is 0 Å². The van der Waals surface area contributed by atoms with Gasteiger partial charge in [-0.05, 0) is 38.5 Å². The van der Waals surface area contributed by atoms with E-state index in [1.807, 2.05) is 0 Å². The summed E-state index contributed by atoms with van der Waals surface area (Å²) < 4.78 is 22.1. The number of carbonyl (C=O) groups excluding carboxylic acids is 2. The van der Waals surface area contributed by atoms with Crippen LogP contribution in [0.15, 0.2) is 0 Å². The van der Waals surface area contributed by atoms with E-state index in [1.165, 1.54) is 0 Å². The second-order valence-electron chi connectivity index (χ2n) is 6.59. The topological polar surface area (TPSA) is 71.1 Å². The van der Waals surface area contributed by atoms with Gasteiger partial charge in [0.2, 0.25) is 5.69 Å². The van der Waals surface area contributed by atoms with Crippen molar-refractivity contribution in [2.45, 2.75) is 90.7 Å². The highest BCUT2D eigenvalue weighted by Gasteiger charge is 2.33. The second kappa shape index (κ2) is 18.6.